The van der Waals surface area contributed by atoms with Crippen molar-refractivity contribution in [1.82, 2.24) is 4.57 Å². The zero-order valence-corrected chi connectivity index (χ0v) is 20.2. The minimum Gasteiger partial charge on any atom is -0.309 e. The molecule has 0 fully saturated rings. The first-order valence-electron chi connectivity index (χ1n) is 12.8. The molecule has 0 N–H and O–H groups in total. The summed E-state index contributed by atoms with van der Waals surface area (Å²) in [7, 11) is 0. The van der Waals surface area contributed by atoms with E-state index >= 15 is 0 Å². The molecule has 1 heterocycles. The summed E-state index contributed by atoms with van der Waals surface area (Å²) in [4.78, 5) is 0. The van der Waals surface area contributed by atoms with E-state index in [0.717, 1.165) is 0 Å². The van der Waals surface area contributed by atoms with Gasteiger partial charge in [-0.25, -0.2) is 0 Å². The molecule has 0 bridgehead atoms. The van der Waals surface area contributed by atoms with Crippen LogP contribution in [0.5, 0.6) is 0 Å². The normalized spacial score (nSPS) is 11.8. The van der Waals surface area contributed by atoms with E-state index in [0.29, 0.717) is 0 Å². The van der Waals surface area contributed by atoms with Gasteiger partial charge in [0.1, 0.15) is 0 Å². The van der Waals surface area contributed by atoms with Gasteiger partial charge in [0.15, 0.2) is 0 Å². The van der Waals surface area contributed by atoms with Gasteiger partial charge in [-0.05, 0) is 56.3 Å². The number of rotatable bonds is 2. The van der Waals surface area contributed by atoms with Crippen LogP contribution in [-0.2, 0) is 0 Å². The highest BCUT2D eigenvalue weighted by atomic mass is 15.0. The Bertz CT molecular complexity index is 2110. The zero-order chi connectivity index (χ0) is 24.3. The molecular formula is C36H23N. The monoisotopic (exact) mass is 469 g/mol. The summed E-state index contributed by atoms with van der Waals surface area (Å²) >= 11 is 0. The first-order valence-corrected chi connectivity index (χ1v) is 12.8. The lowest BCUT2D eigenvalue weighted by Crippen LogP contribution is -1.95. The molecule has 1 nitrogen and oxygen atoms in total. The van der Waals surface area contributed by atoms with E-state index in [2.05, 4.69) is 144 Å². The summed E-state index contributed by atoms with van der Waals surface area (Å²) in [5.74, 6) is 0. The van der Waals surface area contributed by atoms with E-state index < -0.39 is 0 Å². The van der Waals surface area contributed by atoms with Crippen molar-refractivity contribution < 1.29 is 0 Å². The Morgan fingerprint density at radius 3 is 1.68 bits per heavy atom. The number of fused-ring (bicyclic) bond motifs is 10. The van der Waals surface area contributed by atoms with E-state index in [4.69, 9.17) is 0 Å². The molecule has 1 heteroatoms. The molecule has 37 heavy (non-hydrogen) atoms. The van der Waals surface area contributed by atoms with Crippen molar-refractivity contribution in [2.75, 3.05) is 0 Å². The van der Waals surface area contributed by atoms with Gasteiger partial charge in [0, 0.05) is 21.8 Å². The Labute approximate surface area is 214 Å². The predicted octanol–water partition coefficient (Wildman–Crippen LogP) is 9.91. The summed E-state index contributed by atoms with van der Waals surface area (Å²) in [6, 6.07) is 50.7. The van der Waals surface area contributed by atoms with Crippen molar-refractivity contribution in [3.63, 3.8) is 0 Å². The van der Waals surface area contributed by atoms with Crippen LogP contribution >= 0.6 is 0 Å². The highest BCUT2D eigenvalue weighted by Crippen LogP contribution is 2.44. The first kappa shape index (κ1) is 20.3. The summed E-state index contributed by atoms with van der Waals surface area (Å²) in [5, 5.41) is 10.4. The van der Waals surface area contributed by atoms with Crippen LogP contribution in [-0.4, -0.2) is 4.57 Å². The van der Waals surface area contributed by atoms with Gasteiger partial charge in [0.25, 0.3) is 0 Å². The van der Waals surface area contributed by atoms with Gasteiger partial charge >= 0.3 is 0 Å². The van der Waals surface area contributed by atoms with Crippen molar-refractivity contribution in [2.45, 2.75) is 0 Å². The van der Waals surface area contributed by atoms with Gasteiger partial charge in [-0.15, -0.1) is 0 Å². The van der Waals surface area contributed by atoms with Crippen LogP contribution in [0.4, 0.5) is 0 Å². The largest absolute Gasteiger partial charge is 0.309 e. The van der Waals surface area contributed by atoms with Gasteiger partial charge in [0.05, 0.1) is 11.0 Å². The third-order valence-electron chi connectivity index (χ3n) is 7.76. The minimum atomic E-state index is 1.18. The average molecular weight is 470 g/mol. The molecule has 1 aromatic heterocycles. The molecule has 0 aliphatic rings. The van der Waals surface area contributed by atoms with Crippen molar-refractivity contribution >= 4 is 54.1 Å². The number of hydrogen-bond acceptors (Lipinski definition) is 0. The second kappa shape index (κ2) is 7.81. The maximum absolute atomic E-state index is 2.47. The van der Waals surface area contributed by atoms with Gasteiger partial charge in [-0.2, -0.15) is 0 Å². The predicted molar refractivity (Wildman–Crippen MR) is 159 cm³/mol. The molecule has 0 spiro atoms. The second-order valence-electron chi connectivity index (χ2n) is 9.74. The van der Waals surface area contributed by atoms with E-state index in [1.807, 2.05) is 0 Å². The van der Waals surface area contributed by atoms with Crippen LogP contribution in [0.3, 0.4) is 0 Å². The maximum atomic E-state index is 2.47. The molecule has 172 valence electrons. The molecular weight excluding hydrogens is 446 g/mol. The van der Waals surface area contributed by atoms with Gasteiger partial charge in [0.2, 0.25) is 0 Å². The Balaban J connectivity index is 1.58. The number of nitrogens with zero attached hydrogens (tertiary/aromatic N) is 1. The summed E-state index contributed by atoms with van der Waals surface area (Å²) < 4.78 is 2.47. The standard InChI is InChI=1S/C36H23N/c1-2-10-24(11-3-1)25-18-21-27(22-19-25)37-33-23-20-26-12-4-5-13-28(26)34(33)35-31-16-8-6-14-29(31)30-15-7-9-17-32(30)36(35)37/h1-23H. The molecule has 8 aromatic rings. The smallest absolute Gasteiger partial charge is 0.0626 e. The van der Waals surface area contributed by atoms with Crippen molar-refractivity contribution in [2.24, 2.45) is 0 Å². The van der Waals surface area contributed by atoms with Crippen LogP contribution < -0.4 is 0 Å². The van der Waals surface area contributed by atoms with Crippen LogP contribution in [0.1, 0.15) is 0 Å². The Morgan fingerprint density at radius 1 is 0.351 bits per heavy atom. The average Bonchev–Trinajstić information content (AvgIpc) is 3.34. The van der Waals surface area contributed by atoms with E-state index in [-0.39, 0.29) is 0 Å². The quantitative estimate of drug-likeness (QED) is 0.222. The van der Waals surface area contributed by atoms with Crippen molar-refractivity contribution in [3.05, 3.63) is 140 Å². The molecule has 0 saturated heterocycles. The first-order chi connectivity index (χ1) is 18.4. The second-order valence-corrected chi connectivity index (χ2v) is 9.74. The summed E-state index contributed by atoms with van der Waals surface area (Å²) in [6.45, 7) is 0. The number of aromatic nitrogens is 1. The van der Waals surface area contributed by atoms with Crippen LogP contribution in [0.25, 0.3) is 70.9 Å². The van der Waals surface area contributed by atoms with Crippen molar-refractivity contribution in [1.29, 1.82) is 0 Å². The molecule has 0 atom stereocenters. The highest BCUT2D eigenvalue weighted by molar-refractivity contribution is 6.35. The van der Waals surface area contributed by atoms with Gasteiger partial charge in [-0.3, -0.25) is 0 Å². The van der Waals surface area contributed by atoms with Crippen molar-refractivity contribution in [3.8, 4) is 16.8 Å². The Hall–Kier alpha value is -4.88. The van der Waals surface area contributed by atoms with Crippen LogP contribution in [0.2, 0.25) is 0 Å². The number of benzene rings is 7. The van der Waals surface area contributed by atoms with E-state index in [1.165, 1.54) is 70.9 Å². The highest BCUT2D eigenvalue weighted by Gasteiger charge is 2.20. The van der Waals surface area contributed by atoms with Crippen LogP contribution in [0, 0.1) is 0 Å². The molecule has 0 saturated carbocycles. The van der Waals surface area contributed by atoms with Crippen LogP contribution in [0.15, 0.2) is 140 Å². The molecule has 0 aliphatic heterocycles. The lowest BCUT2D eigenvalue weighted by atomic mass is 9.95. The van der Waals surface area contributed by atoms with E-state index in [9.17, 15) is 0 Å². The Kier molecular flexibility index (Phi) is 4.29. The third kappa shape index (κ3) is 2.92. The lowest BCUT2D eigenvalue weighted by Gasteiger charge is -2.13. The number of hydrogen-bond donors (Lipinski definition) is 0. The topological polar surface area (TPSA) is 4.93 Å². The fourth-order valence-electron chi connectivity index (χ4n) is 6.14. The fourth-order valence-corrected chi connectivity index (χ4v) is 6.14. The molecule has 0 aliphatic carbocycles. The fraction of sp³-hybridized carbons (Fsp3) is 0. The molecule has 0 amide bonds. The third-order valence-corrected chi connectivity index (χ3v) is 7.76. The minimum absolute atomic E-state index is 1.18. The Morgan fingerprint density at radius 2 is 0.919 bits per heavy atom. The molecule has 7 aromatic carbocycles. The molecule has 0 unspecified atom stereocenters. The molecule has 0 radical (unpaired) electrons. The zero-order valence-electron chi connectivity index (χ0n) is 20.2. The van der Waals surface area contributed by atoms with Gasteiger partial charge in [-0.1, -0.05) is 121 Å². The van der Waals surface area contributed by atoms with Gasteiger partial charge < -0.3 is 4.57 Å². The molecule has 8 rings (SSSR count). The SMILES string of the molecule is c1ccc(-c2ccc(-n3c4ccc5ccccc5c4c4c5ccccc5c5ccccc5c43)cc2)cc1. The lowest BCUT2D eigenvalue weighted by molar-refractivity contribution is 1.19. The van der Waals surface area contributed by atoms with E-state index in [1.54, 1.807) is 0 Å². The summed E-state index contributed by atoms with van der Waals surface area (Å²) in [5.41, 5.74) is 6.15. The summed E-state index contributed by atoms with van der Waals surface area (Å²) in [6.07, 6.45) is 0. The maximum Gasteiger partial charge on any atom is 0.0626 e.